The Kier molecular flexibility index (Phi) is 3.18. The summed E-state index contributed by atoms with van der Waals surface area (Å²) in [4.78, 5) is 0. The van der Waals surface area contributed by atoms with Gasteiger partial charge in [-0.05, 0) is 30.2 Å². The quantitative estimate of drug-likeness (QED) is 0.925. The zero-order chi connectivity index (χ0) is 12.7. The molecule has 1 atom stereocenters. The minimum atomic E-state index is 0.206. The molecule has 0 amide bonds. The molecule has 2 aromatic rings. The summed E-state index contributed by atoms with van der Waals surface area (Å²) in [5, 5.41) is 10.5. The van der Waals surface area contributed by atoms with Crippen LogP contribution in [-0.4, -0.2) is 22.9 Å². The van der Waals surface area contributed by atoms with Crippen LogP contribution in [0.25, 0.3) is 10.9 Å². The van der Waals surface area contributed by atoms with Crippen LogP contribution in [0, 0.1) is 0 Å². The first-order chi connectivity index (χ1) is 8.72. The van der Waals surface area contributed by atoms with Crippen molar-refractivity contribution >= 4 is 26.8 Å². The van der Waals surface area contributed by atoms with Crippen LogP contribution in [-0.2, 0) is 18.4 Å². The molecule has 96 valence electrons. The number of rotatable bonds is 2. The minimum absolute atomic E-state index is 0.206. The molecular weight excluding hydrogens is 294 g/mol. The van der Waals surface area contributed by atoms with Crippen LogP contribution in [0.2, 0.25) is 0 Å². The van der Waals surface area contributed by atoms with E-state index in [1.807, 2.05) is 0 Å². The average molecular weight is 310 g/mol. The molecule has 0 unspecified atom stereocenters. The van der Waals surface area contributed by atoms with E-state index in [-0.39, 0.29) is 6.61 Å². The van der Waals surface area contributed by atoms with Crippen molar-refractivity contribution in [1.29, 1.82) is 0 Å². The molecule has 0 radical (unpaired) electrons. The number of benzene rings is 1. The van der Waals surface area contributed by atoms with Crippen molar-refractivity contribution in [2.24, 2.45) is 7.05 Å². The smallest absolute Gasteiger partial charge is 0.0871 e. The Labute approximate surface area is 114 Å². The van der Waals surface area contributed by atoms with E-state index < -0.39 is 0 Å². The third kappa shape index (κ3) is 1.79. The molecule has 18 heavy (non-hydrogen) atoms. The van der Waals surface area contributed by atoms with Gasteiger partial charge >= 0.3 is 0 Å². The van der Waals surface area contributed by atoms with Gasteiger partial charge in [-0.2, -0.15) is 0 Å². The highest BCUT2D eigenvalue weighted by Gasteiger charge is 2.26. The predicted octanol–water partition coefficient (Wildman–Crippen LogP) is 2.94. The first kappa shape index (κ1) is 12.2. The van der Waals surface area contributed by atoms with Gasteiger partial charge in [-0.3, -0.25) is 0 Å². The first-order valence-corrected chi connectivity index (χ1v) is 6.97. The van der Waals surface area contributed by atoms with Crippen LogP contribution in [0.5, 0.6) is 0 Å². The highest BCUT2D eigenvalue weighted by molar-refractivity contribution is 9.10. The van der Waals surface area contributed by atoms with E-state index >= 15 is 0 Å². The summed E-state index contributed by atoms with van der Waals surface area (Å²) < 4.78 is 8.96. The Morgan fingerprint density at radius 2 is 2.33 bits per heavy atom. The maximum atomic E-state index is 9.21. The molecular formula is C14H16BrNO2. The van der Waals surface area contributed by atoms with Gasteiger partial charge in [-0.1, -0.05) is 15.9 Å². The van der Waals surface area contributed by atoms with Crippen LogP contribution in [0.15, 0.2) is 22.7 Å². The Balaban J connectivity index is 2.26. The fourth-order valence-corrected chi connectivity index (χ4v) is 3.25. The molecule has 0 spiro atoms. The molecule has 1 aliphatic heterocycles. The first-order valence-electron chi connectivity index (χ1n) is 6.17. The highest BCUT2D eigenvalue weighted by atomic mass is 79.9. The van der Waals surface area contributed by atoms with Crippen LogP contribution < -0.4 is 0 Å². The number of hydrogen-bond donors (Lipinski definition) is 1. The van der Waals surface area contributed by atoms with Gasteiger partial charge in [-0.25, -0.2) is 0 Å². The van der Waals surface area contributed by atoms with Gasteiger partial charge < -0.3 is 14.4 Å². The zero-order valence-corrected chi connectivity index (χ0v) is 11.9. The lowest BCUT2D eigenvalue weighted by Crippen LogP contribution is -2.18. The average Bonchev–Trinajstić information content (AvgIpc) is 2.64. The molecule has 0 aliphatic carbocycles. The number of ether oxygens (including phenoxy) is 1. The lowest BCUT2D eigenvalue weighted by molar-refractivity contribution is 0.0796. The van der Waals surface area contributed by atoms with E-state index in [0.717, 1.165) is 10.9 Å². The molecule has 2 heterocycles. The highest BCUT2D eigenvalue weighted by Crippen LogP contribution is 2.37. The van der Waals surface area contributed by atoms with Gasteiger partial charge in [0.05, 0.1) is 13.2 Å². The van der Waals surface area contributed by atoms with Crippen molar-refractivity contribution in [2.75, 3.05) is 13.2 Å². The van der Waals surface area contributed by atoms with Crippen LogP contribution in [0.1, 0.15) is 23.6 Å². The SMILES string of the molecule is Cn1c2c(c3cc(Br)ccc31)[C@@H](CCO)COC2. The zero-order valence-electron chi connectivity index (χ0n) is 10.3. The molecule has 3 nitrogen and oxygen atoms in total. The Bertz CT molecular complexity index is 591. The molecule has 1 aromatic heterocycles. The fraction of sp³-hybridized carbons (Fsp3) is 0.429. The van der Waals surface area contributed by atoms with Gasteiger partial charge in [0.25, 0.3) is 0 Å². The van der Waals surface area contributed by atoms with Crippen molar-refractivity contribution < 1.29 is 9.84 Å². The van der Waals surface area contributed by atoms with Gasteiger partial charge in [0.15, 0.2) is 0 Å². The van der Waals surface area contributed by atoms with Gasteiger partial charge in [-0.15, -0.1) is 0 Å². The monoisotopic (exact) mass is 309 g/mol. The lowest BCUT2D eigenvalue weighted by atomic mass is 9.92. The normalized spacial score (nSPS) is 19.2. The third-order valence-electron chi connectivity index (χ3n) is 3.77. The molecule has 3 rings (SSSR count). The molecule has 1 aromatic carbocycles. The summed E-state index contributed by atoms with van der Waals surface area (Å²) in [7, 11) is 2.08. The second-order valence-corrected chi connectivity index (χ2v) is 5.72. The summed E-state index contributed by atoms with van der Waals surface area (Å²) in [5.41, 5.74) is 3.83. The Morgan fingerprint density at radius 3 is 3.11 bits per heavy atom. The lowest BCUT2D eigenvalue weighted by Gasteiger charge is -2.23. The number of aromatic nitrogens is 1. The summed E-state index contributed by atoms with van der Waals surface area (Å²) in [6.45, 7) is 1.58. The van der Waals surface area contributed by atoms with E-state index in [1.165, 1.54) is 22.2 Å². The predicted molar refractivity (Wildman–Crippen MR) is 74.7 cm³/mol. The summed E-state index contributed by atoms with van der Waals surface area (Å²) in [6.07, 6.45) is 0.763. The second-order valence-electron chi connectivity index (χ2n) is 4.81. The van der Waals surface area contributed by atoms with E-state index in [2.05, 4.69) is 45.7 Å². The summed E-state index contributed by atoms with van der Waals surface area (Å²) in [5.74, 6) is 0.303. The van der Waals surface area contributed by atoms with Crippen LogP contribution >= 0.6 is 15.9 Å². The van der Waals surface area contributed by atoms with Crippen LogP contribution in [0.4, 0.5) is 0 Å². The van der Waals surface area contributed by atoms with Crippen molar-refractivity contribution in [3.05, 3.63) is 33.9 Å². The van der Waals surface area contributed by atoms with Gasteiger partial charge in [0.2, 0.25) is 0 Å². The summed E-state index contributed by atoms with van der Waals surface area (Å²) >= 11 is 3.54. The fourth-order valence-electron chi connectivity index (χ4n) is 2.89. The van der Waals surface area contributed by atoms with Crippen LogP contribution in [0.3, 0.4) is 0 Å². The molecule has 0 saturated heterocycles. The molecule has 0 saturated carbocycles. The molecule has 1 aliphatic rings. The number of aliphatic hydroxyl groups excluding tert-OH is 1. The molecule has 0 fully saturated rings. The number of hydrogen-bond acceptors (Lipinski definition) is 2. The molecule has 1 N–H and O–H groups in total. The van der Waals surface area contributed by atoms with Crippen molar-refractivity contribution in [1.82, 2.24) is 4.57 Å². The number of aliphatic hydroxyl groups is 1. The largest absolute Gasteiger partial charge is 0.396 e. The maximum absolute atomic E-state index is 9.21. The number of halogens is 1. The maximum Gasteiger partial charge on any atom is 0.0871 e. The molecule has 0 bridgehead atoms. The van der Waals surface area contributed by atoms with Crippen molar-refractivity contribution in [3.63, 3.8) is 0 Å². The van der Waals surface area contributed by atoms with Gasteiger partial charge in [0, 0.05) is 40.6 Å². The second kappa shape index (κ2) is 4.68. The number of aryl methyl sites for hydroxylation is 1. The van der Waals surface area contributed by atoms with Gasteiger partial charge in [0.1, 0.15) is 0 Å². The van der Waals surface area contributed by atoms with E-state index in [4.69, 9.17) is 4.74 Å². The van der Waals surface area contributed by atoms with Crippen molar-refractivity contribution in [3.8, 4) is 0 Å². The summed E-state index contributed by atoms with van der Waals surface area (Å²) in [6, 6.07) is 6.37. The van der Waals surface area contributed by atoms with E-state index in [9.17, 15) is 5.11 Å². The minimum Gasteiger partial charge on any atom is -0.396 e. The standard InChI is InChI=1S/C14H16BrNO2/c1-16-12-3-2-10(15)6-11(12)14-9(4-5-17)7-18-8-13(14)16/h2-3,6,9,17H,4-5,7-8H2,1H3/t9-/m0/s1. The van der Waals surface area contributed by atoms with E-state index in [1.54, 1.807) is 0 Å². The van der Waals surface area contributed by atoms with E-state index in [0.29, 0.717) is 19.1 Å². The number of fused-ring (bicyclic) bond motifs is 3. The Morgan fingerprint density at radius 1 is 1.50 bits per heavy atom. The topological polar surface area (TPSA) is 34.4 Å². The number of nitrogens with zero attached hydrogens (tertiary/aromatic N) is 1. The third-order valence-corrected chi connectivity index (χ3v) is 4.26. The van der Waals surface area contributed by atoms with Crippen molar-refractivity contribution in [2.45, 2.75) is 18.9 Å². The molecule has 4 heteroatoms. The Hall–Kier alpha value is -0.840.